The average molecular weight is 395 g/mol. The second kappa shape index (κ2) is 7.65. The minimum Gasteiger partial charge on any atom is -0.347 e. The van der Waals surface area contributed by atoms with Crippen molar-refractivity contribution in [3.05, 3.63) is 58.4 Å². The SMILES string of the molecule is Cc1cc(C(=O)NCc2cccc(C(F)(F)F)c2F)nc(CC(=O)C2CC2)n1. The highest BCUT2D eigenvalue weighted by Crippen LogP contribution is 2.32. The summed E-state index contributed by atoms with van der Waals surface area (Å²) in [6.45, 7) is 1.20. The molecule has 3 rings (SSSR count). The Hall–Kier alpha value is -2.84. The van der Waals surface area contributed by atoms with Gasteiger partial charge in [-0.1, -0.05) is 12.1 Å². The van der Waals surface area contributed by atoms with E-state index in [9.17, 15) is 27.2 Å². The average Bonchev–Trinajstić information content (AvgIpc) is 3.44. The normalized spacial score (nSPS) is 14.0. The zero-order valence-electron chi connectivity index (χ0n) is 14.9. The fourth-order valence-corrected chi connectivity index (χ4v) is 2.73. The van der Waals surface area contributed by atoms with E-state index in [1.807, 2.05) is 0 Å². The zero-order chi connectivity index (χ0) is 20.5. The number of ketones is 1. The van der Waals surface area contributed by atoms with Gasteiger partial charge in [-0.25, -0.2) is 14.4 Å². The lowest BCUT2D eigenvalue weighted by molar-refractivity contribution is -0.140. The van der Waals surface area contributed by atoms with E-state index in [0.29, 0.717) is 11.8 Å². The Kier molecular flexibility index (Phi) is 5.44. The number of hydrogen-bond acceptors (Lipinski definition) is 4. The Morgan fingerprint density at radius 3 is 2.57 bits per heavy atom. The van der Waals surface area contributed by atoms with Gasteiger partial charge in [-0.3, -0.25) is 9.59 Å². The van der Waals surface area contributed by atoms with Crippen LogP contribution in [0.25, 0.3) is 0 Å². The quantitative estimate of drug-likeness (QED) is 0.761. The van der Waals surface area contributed by atoms with Gasteiger partial charge in [-0.05, 0) is 31.9 Å². The summed E-state index contributed by atoms with van der Waals surface area (Å²) in [6, 6.07) is 4.26. The number of rotatable bonds is 6. The summed E-state index contributed by atoms with van der Waals surface area (Å²) in [4.78, 5) is 32.4. The summed E-state index contributed by atoms with van der Waals surface area (Å²) in [6.07, 6.45) is -3.10. The second-order valence-corrected chi connectivity index (χ2v) is 6.69. The van der Waals surface area contributed by atoms with Crippen molar-refractivity contribution in [2.75, 3.05) is 0 Å². The Morgan fingerprint density at radius 1 is 1.21 bits per heavy atom. The van der Waals surface area contributed by atoms with Crippen molar-refractivity contribution in [1.82, 2.24) is 15.3 Å². The molecule has 1 aliphatic rings. The first-order chi connectivity index (χ1) is 13.1. The largest absolute Gasteiger partial charge is 0.419 e. The molecule has 5 nitrogen and oxygen atoms in total. The second-order valence-electron chi connectivity index (χ2n) is 6.69. The number of carbonyl (C=O) groups is 2. The number of alkyl halides is 3. The standard InChI is InChI=1S/C19H17F4N3O2/c1-10-7-14(26-16(25-10)8-15(27)11-5-6-11)18(28)24-9-12-3-2-4-13(17(12)20)19(21,22)23/h2-4,7,11H,5-6,8-9H2,1H3,(H,24,28). The lowest BCUT2D eigenvalue weighted by Gasteiger charge is -2.12. The van der Waals surface area contributed by atoms with Crippen LogP contribution in [0.15, 0.2) is 24.3 Å². The van der Waals surface area contributed by atoms with E-state index in [2.05, 4.69) is 15.3 Å². The molecule has 1 aromatic carbocycles. The van der Waals surface area contributed by atoms with Crippen LogP contribution >= 0.6 is 0 Å². The van der Waals surface area contributed by atoms with E-state index in [1.165, 1.54) is 6.07 Å². The van der Waals surface area contributed by atoms with Crippen molar-refractivity contribution in [2.45, 2.75) is 38.9 Å². The molecule has 0 bridgehead atoms. The maximum atomic E-state index is 14.0. The maximum absolute atomic E-state index is 14.0. The highest BCUT2D eigenvalue weighted by atomic mass is 19.4. The predicted octanol–water partition coefficient (Wildman–Crippen LogP) is 3.39. The van der Waals surface area contributed by atoms with E-state index in [-0.39, 0.29) is 35.2 Å². The van der Waals surface area contributed by atoms with Crippen LogP contribution in [-0.4, -0.2) is 21.7 Å². The molecule has 1 aliphatic carbocycles. The van der Waals surface area contributed by atoms with Gasteiger partial charge in [0.15, 0.2) is 0 Å². The summed E-state index contributed by atoms with van der Waals surface area (Å²) in [7, 11) is 0. The topological polar surface area (TPSA) is 72.0 Å². The molecule has 28 heavy (non-hydrogen) atoms. The molecule has 1 aromatic heterocycles. The summed E-state index contributed by atoms with van der Waals surface area (Å²) in [5, 5.41) is 2.36. The van der Waals surface area contributed by atoms with Gasteiger partial charge < -0.3 is 5.32 Å². The predicted molar refractivity (Wildman–Crippen MR) is 90.8 cm³/mol. The zero-order valence-corrected chi connectivity index (χ0v) is 14.9. The van der Waals surface area contributed by atoms with Gasteiger partial charge in [0, 0.05) is 23.7 Å². The molecule has 0 atom stereocenters. The molecule has 148 valence electrons. The van der Waals surface area contributed by atoms with E-state index >= 15 is 0 Å². The lowest BCUT2D eigenvalue weighted by atomic mass is 10.1. The van der Waals surface area contributed by atoms with Gasteiger partial charge >= 0.3 is 6.18 Å². The van der Waals surface area contributed by atoms with Gasteiger partial charge in [-0.2, -0.15) is 13.2 Å². The van der Waals surface area contributed by atoms with Crippen molar-refractivity contribution in [2.24, 2.45) is 5.92 Å². The molecule has 9 heteroatoms. The number of aryl methyl sites for hydroxylation is 1. The molecule has 1 saturated carbocycles. The molecule has 0 saturated heterocycles. The van der Waals surface area contributed by atoms with Crippen molar-refractivity contribution >= 4 is 11.7 Å². The summed E-state index contributed by atoms with van der Waals surface area (Å²) >= 11 is 0. The van der Waals surface area contributed by atoms with Crippen LogP contribution in [0, 0.1) is 18.7 Å². The van der Waals surface area contributed by atoms with E-state index in [4.69, 9.17) is 0 Å². The third-order valence-electron chi connectivity index (χ3n) is 4.32. The Morgan fingerprint density at radius 2 is 1.93 bits per heavy atom. The van der Waals surface area contributed by atoms with Crippen molar-refractivity contribution < 1.29 is 27.2 Å². The molecule has 1 fully saturated rings. The number of benzene rings is 1. The number of hydrogen-bond donors (Lipinski definition) is 1. The lowest BCUT2D eigenvalue weighted by Crippen LogP contribution is -2.26. The van der Waals surface area contributed by atoms with Crippen LogP contribution in [0.4, 0.5) is 17.6 Å². The minimum atomic E-state index is -4.82. The number of amides is 1. The van der Waals surface area contributed by atoms with Crippen LogP contribution in [0.1, 0.15) is 46.0 Å². The Balaban J connectivity index is 1.71. The van der Waals surface area contributed by atoms with Crippen LogP contribution in [0.5, 0.6) is 0 Å². The Labute approximate surface area is 158 Å². The minimum absolute atomic E-state index is 0.0167. The first-order valence-corrected chi connectivity index (χ1v) is 8.65. The van der Waals surface area contributed by atoms with Crippen molar-refractivity contribution in [3.8, 4) is 0 Å². The molecular weight excluding hydrogens is 378 g/mol. The molecule has 1 heterocycles. The molecule has 2 aromatic rings. The van der Waals surface area contributed by atoms with Crippen LogP contribution in [-0.2, 0) is 23.9 Å². The molecule has 0 spiro atoms. The van der Waals surface area contributed by atoms with Gasteiger partial charge in [0.1, 0.15) is 23.1 Å². The summed E-state index contributed by atoms with van der Waals surface area (Å²) in [5.74, 6) is -1.85. The van der Waals surface area contributed by atoms with Crippen molar-refractivity contribution in [3.63, 3.8) is 0 Å². The third-order valence-corrected chi connectivity index (χ3v) is 4.32. The number of nitrogens with one attached hydrogen (secondary N) is 1. The van der Waals surface area contributed by atoms with Crippen LogP contribution in [0.2, 0.25) is 0 Å². The molecule has 0 radical (unpaired) electrons. The fraction of sp³-hybridized carbons (Fsp3) is 0.368. The van der Waals surface area contributed by atoms with Gasteiger partial charge in [0.05, 0.1) is 12.0 Å². The van der Waals surface area contributed by atoms with E-state index < -0.39 is 30.0 Å². The molecule has 0 aliphatic heterocycles. The summed E-state index contributed by atoms with van der Waals surface area (Å²) in [5.41, 5.74) is -1.24. The van der Waals surface area contributed by atoms with E-state index in [0.717, 1.165) is 25.0 Å². The Bertz CT molecular complexity index is 924. The molecule has 1 N–H and O–H groups in total. The van der Waals surface area contributed by atoms with Gasteiger partial charge in [0.2, 0.25) is 0 Å². The number of nitrogens with zero attached hydrogens (tertiary/aromatic N) is 2. The monoisotopic (exact) mass is 395 g/mol. The first kappa shape index (κ1) is 19.9. The fourth-order valence-electron chi connectivity index (χ4n) is 2.73. The number of Topliss-reactive ketones (excluding diaryl/α,β-unsaturated/α-hetero) is 1. The number of aromatic nitrogens is 2. The highest BCUT2D eigenvalue weighted by molar-refractivity contribution is 5.92. The first-order valence-electron chi connectivity index (χ1n) is 8.65. The number of halogens is 4. The van der Waals surface area contributed by atoms with Gasteiger partial charge in [0.25, 0.3) is 5.91 Å². The van der Waals surface area contributed by atoms with Crippen LogP contribution in [0.3, 0.4) is 0 Å². The maximum Gasteiger partial charge on any atom is 0.419 e. The van der Waals surface area contributed by atoms with Crippen molar-refractivity contribution in [1.29, 1.82) is 0 Å². The molecule has 1 amide bonds. The highest BCUT2D eigenvalue weighted by Gasteiger charge is 2.34. The summed E-state index contributed by atoms with van der Waals surface area (Å²) < 4.78 is 52.4. The molecular formula is C19H17F4N3O2. The van der Waals surface area contributed by atoms with Crippen LogP contribution < -0.4 is 5.32 Å². The van der Waals surface area contributed by atoms with E-state index in [1.54, 1.807) is 6.92 Å². The molecule has 0 unspecified atom stereocenters. The van der Waals surface area contributed by atoms with Gasteiger partial charge in [-0.15, -0.1) is 0 Å². The smallest absolute Gasteiger partial charge is 0.347 e. The number of carbonyl (C=O) groups excluding carboxylic acids is 2. The third kappa shape index (κ3) is 4.71.